The van der Waals surface area contributed by atoms with Crippen LogP contribution in [0, 0.1) is 13.8 Å². The maximum absolute atomic E-state index is 11.1. The molecule has 1 saturated heterocycles. The first-order valence-electron chi connectivity index (χ1n) is 7.80. The number of benzene rings is 1. The minimum atomic E-state index is -0.758. The molecule has 1 fully saturated rings. The Morgan fingerprint density at radius 2 is 2.05 bits per heavy atom. The smallest absolute Gasteiger partial charge is 0.320 e. The first kappa shape index (κ1) is 15.0. The fourth-order valence-corrected chi connectivity index (χ4v) is 3.26. The fraction of sp³-hybridized carbons (Fsp3) is 0.529. The van der Waals surface area contributed by atoms with E-state index >= 15 is 0 Å². The standard InChI is InChI=1S/C17H22N2O3/c1-10-8-11(2)15-14(9-10)18-16(22-15)13-4-6-19(7-5-13)12(3)17(20)21/h8-9,12-13H,4-7H2,1-3H3,(H,20,21). The number of carboxylic acid groups (broad SMARTS) is 1. The molecule has 0 spiro atoms. The number of rotatable bonds is 3. The molecule has 0 amide bonds. The summed E-state index contributed by atoms with van der Waals surface area (Å²) in [6.45, 7) is 7.39. The van der Waals surface area contributed by atoms with Crippen LogP contribution in [-0.2, 0) is 4.79 Å². The van der Waals surface area contributed by atoms with Gasteiger partial charge in [-0.3, -0.25) is 9.69 Å². The molecule has 0 bridgehead atoms. The average molecular weight is 302 g/mol. The summed E-state index contributed by atoms with van der Waals surface area (Å²) in [5.74, 6) is 0.321. The Labute approximate surface area is 129 Å². The molecule has 2 heterocycles. The van der Waals surface area contributed by atoms with Crippen LogP contribution in [0.4, 0.5) is 0 Å². The highest BCUT2D eigenvalue weighted by atomic mass is 16.4. The Morgan fingerprint density at radius 1 is 1.36 bits per heavy atom. The van der Waals surface area contributed by atoms with Crippen molar-refractivity contribution < 1.29 is 14.3 Å². The molecule has 1 unspecified atom stereocenters. The first-order chi connectivity index (χ1) is 10.5. The number of carboxylic acids is 1. The number of likely N-dealkylation sites (tertiary alicyclic amines) is 1. The van der Waals surface area contributed by atoms with Gasteiger partial charge < -0.3 is 9.52 Å². The van der Waals surface area contributed by atoms with Gasteiger partial charge in [-0.1, -0.05) is 6.07 Å². The molecule has 22 heavy (non-hydrogen) atoms. The monoisotopic (exact) mass is 302 g/mol. The third kappa shape index (κ3) is 2.73. The number of aryl methyl sites for hydroxylation is 2. The second-order valence-electron chi connectivity index (χ2n) is 6.31. The minimum absolute atomic E-state index is 0.282. The average Bonchev–Trinajstić information content (AvgIpc) is 2.90. The maximum Gasteiger partial charge on any atom is 0.320 e. The zero-order valence-electron chi connectivity index (χ0n) is 13.3. The summed E-state index contributed by atoms with van der Waals surface area (Å²) in [5.41, 5.74) is 4.11. The van der Waals surface area contributed by atoms with Gasteiger partial charge in [0.2, 0.25) is 0 Å². The lowest BCUT2D eigenvalue weighted by molar-refractivity contribution is -0.143. The van der Waals surface area contributed by atoms with Gasteiger partial charge in [0.25, 0.3) is 0 Å². The maximum atomic E-state index is 11.1. The van der Waals surface area contributed by atoms with Crippen molar-refractivity contribution in [1.29, 1.82) is 0 Å². The third-order valence-corrected chi connectivity index (χ3v) is 4.62. The van der Waals surface area contributed by atoms with Gasteiger partial charge in [-0.05, 0) is 63.9 Å². The summed E-state index contributed by atoms with van der Waals surface area (Å²) in [6, 6.07) is 3.74. The number of aliphatic carboxylic acids is 1. The zero-order valence-corrected chi connectivity index (χ0v) is 13.3. The minimum Gasteiger partial charge on any atom is -0.480 e. The molecule has 118 valence electrons. The fourth-order valence-electron chi connectivity index (χ4n) is 3.26. The molecule has 1 aromatic carbocycles. The van der Waals surface area contributed by atoms with Gasteiger partial charge in [-0.15, -0.1) is 0 Å². The van der Waals surface area contributed by atoms with E-state index in [9.17, 15) is 4.79 Å². The topological polar surface area (TPSA) is 66.6 Å². The molecule has 0 aliphatic carbocycles. The van der Waals surface area contributed by atoms with Crippen LogP contribution in [0.5, 0.6) is 0 Å². The Hall–Kier alpha value is -1.88. The molecule has 2 aromatic rings. The lowest BCUT2D eigenvalue weighted by Crippen LogP contribution is -2.43. The molecule has 0 saturated carbocycles. The highest BCUT2D eigenvalue weighted by Gasteiger charge is 2.29. The molecule has 0 radical (unpaired) electrons. The van der Waals surface area contributed by atoms with Crippen molar-refractivity contribution in [3.8, 4) is 0 Å². The van der Waals surface area contributed by atoms with Crippen molar-refractivity contribution in [1.82, 2.24) is 9.88 Å². The Kier molecular flexibility index (Phi) is 3.91. The highest BCUT2D eigenvalue weighted by molar-refractivity contribution is 5.77. The molecule has 1 N–H and O–H groups in total. The van der Waals surface area contributed by atoms with Crippen LogP contribution < -0.4 is 0 Å². The van der Waals surface area contributed by atoms with E-state index in [-0.39, 0.29) is 5.92 Å². The van der Waals surface area contributed by atoms with Crippen molar-refractivity contribution in [3.05, 3.63) is 29.2 Å². The molecular formula is C17H22N2O3. The molecule has 1 aliphatic rings. The first-order valence-corrected chi connectivity index (χ1v) is 7.80. The summed E-state index contributed by atoms with van der Waals surface area (Å²) in [5, 5.41) is 9.10. The van der Waals surface area contributed by atoms with E-state index in [1.807, 2.05) is 11.8 Å². The molecule has 1 atom stereocenters. The molecule has 5 nitrogen and oxygen atoms in total. The van der Waals surface area contributed by atoms with Crippen LogP contribution >= 0.6 is 0 Å². The van der Waals surface area contributed by atoms with E-state index < -0.39 is 12.0 Å². The van der Waals surface area contributed by atoms with Crippen LogP contribution in [0.3, 0.4) is 0 Å². The van der Waals surface area contributed by atoms with Crippen LogP contribution in [0.2, 0.25) is 0 Å². The lowest BCUT2D eigenvalue weighted by Gasteiger charge is -2.32. The van der Waals surface area contributed by atoms with E-state index in [1.54, 1.807) is 6.92 Å². The summed E-state index contributed by atoms with van der Waals surface area (Å²) in [7, 11) is 0. The van der Waals surface area contributed by atoms with Gasteiger partial charge in [0.1, 0.15) is 11.6 Å². The van der Waals surface area contributed by atoms with E-state index in [0.717, 1.165) is 48.5 Å². The molecule has 1 aromatic heterocycles. The number of oxazole rings is 1. The van der Waals surface area contributed by atoms with Crippen molar-refractivity contribution in [2.75, 3.05) is 13.1 Å². The lowest BCUT2D eigenvalue weighted by atomic mass is 9.96. The van der Waals surface area contributed by atoms with E-state index in [1.165, 1.54) is 5.56 Å². The Balaban J connectivity index is 1.76. The van der Waals surface area contributed by atoms with Gasteiger partial charge >= 0.3 is 5.97 Å². The molecule has 5 heteroatoms. The quantitative estimate of drug-likeness (QED) is 0.943. The van der Waals surface area contributed by atoms with Gasteiger partial charge in [0.15, 0.2) is 11.5 Å². The number of carbonyl (C=O) groups is 1. The second-order valence-corrected chi connectivity index (χ2v) is 6.31. The van der Waals surface area contributed by atoms with E-state index in [4.69, 9.17) is 9.52 Å². The molecule has 3 rings (SSSR count). The zero-order chi connectivity index (χ0) is 15.9. The Morgan fingerprint density at radius 3 is 2.68 bits per heavy atom. The molecule has 1 aliphatic heterocycles. The number of hydrogen-bond donors (Lipinski definition) is 1. The van der Waals surface area contributed by atoms with Gasteiger partial charge in [-0.25, -0.2) is 4.98 Å². The van der Waals surface area contributed by atoms with Crippen LogP contribution in [-0.4, -0.2) is 40.1 Å². The number of piperidine rings is 1. The van der Waals surface area contributed by atoms with Gasteiger partial charge in [0, 0.05) is 5.92 Å². The van der Waals surface area contributed by atoms with Crippen molar-refractivity contribution in [2.45, 2.75) is 45.6 Å². The van der Waals surface area contributed by atoms with Crippen molar-refractivity contribution >= 4 is 17.1 Å². The summed E-state index contributed by atoms with van der Waals surface area (Å²) in [4.78, 5) is 17.7. The summed E-state index contributed by atoms with van der Waals surface area (Å²) >= 11 is 0. The number of aromatic nitrogens is 1. The van der Waals surface area contributed by atoms with Crippen molar-refractivity contribution in [3.63, 3.8) is 0 Å². The summed E-state index contributed by atoms with van der Waals surface area (Å²) in [6.07, 6.45) is 1.78. The summed E-state index contributed by atoms with van der Waals surface area (Å²) < 4.78 is 5.99. The third-order valence-electron chi connectivity index (χ3n) is 4.62. The van der Waals surface area contributed by atoms with Crippen LogP contribution in [0.25, 0.3) is 11.1 Å². The number of nitrogens with zero attached hydrogens (tertiary/aromatic N) is 2. The second kappa shape index (κ2) is 5.72. The predicted molar refractivity (Wildman–Crippen MR) is 84.1 cm³/mol. The van der Waals surface area contributed by atoms with Gasteiger partial charge in [-0.2, -0.15) is 0 Å². The highest BCUT2D eigenvalue weighted by Crippen LogP contribution is 2.31. The van der Waals surface area contributed by atoms with Crippen LogP contribution in [0.1, 0.15) is 42.7 Å². The Bertz CT molecular complexity index is 699. The molecular weight excluding hydrogens is 280 g/mol. The number of fused-ring (bicyclic) bond motifs is 1. The SMILES string of the molecule is Cc1cc(C)c2oc(C3CCN(C(C)C(=O)O)CC3)nc2c1. The number of hydrogen-bond acceptors (Lipinski definition) is 4. The van der Waals surface area contributed by atoms with E-state index in [2.05, 4.69) is 24.0 Å². The van der Waals surface area contributed by atoms with Crippen LogP contribution in [0.15, 0.2) is 16.5 Å². The predicted octanol–water partition coefficient (Wildman–Crippen LogP) is 3.10. The van der Waals surface area contributed by atoms with E-state index in [0.29, 0.717) is 0 Å². The largest absolute Gasteiger partial charge is 0.480 e. The normalized spacial score (nSPS) is 18.7. The van der Waals surface area contributed by atoms with Gasteiger partial charge in [0.05, 0.1) is 0 Å². The van der Waals surface area contributed by atoms with Crippen molar-refractivity contribution in [2.24, 2.45) is 0 Å².